The Kier molecular flexibility index (Phi) is 4.83. The molecule has 122 valence electrons. The summed E-state index contributed by atoms with van der Waals surface area (Å²) in [6.45, 7) is 7.46. The first-order valence-corrected chi connectivity index (χ1v) is 7.35. The molecule has 23 heavy (non-hydrogen) atoms. The molecule has 6 nitrogen and oxygen atoms in total. The highest BCUT2D eigenvalue weighted by molar-refractivity contribution is 5.89. The lowest BCUT2D eigenvalue weighted by Crippen LogP contribution is -2.22. The molecular weight excluding hydrogens is 296 g/mol. The topological polar surface area (TPSA) is 69.9 Å². The molecule has 0 radical (unpaired) electrons. The van der Waals surface area contributed by atoms with Crippen LogP contribution in [-0.4, -0.2) is 33.5 Å². The van der Waals surface area contributed by atoms with E-state index in [4.69, 9.17) is 9.47 Å². The van der Waals surface area contributed by atoms with Gasteiger partial charge in [0.2, 0.25) is 0 Å². The monoisotopic (exact) mass is 316 g/mol. The van der Waals surface area contributed by atoms with E-state index in [1.54, 1.807) is 35.7 Å². The second-order valence-electron chi connectivity index (χ2n) is 5.92. The molecule has 0 atom stereocenters. The first kappa shape index (κ1) is 16.7. The molecule has 0 unspecified atom stereocenters. The van der Waals surface area contributed by atoms with Gasteiger partial charge >= 0.3 is 11.9 Å². The van der Waals surface area contributed by atoms with E-state index in [1.807, 2.05) is 20.8 Å². The number of carbonyl (C=O) groups excluding carboxylic acids is 2. The molecule has 0 aliphatic carbocycles. The molecule has 2 heterocycles. The minimum absolute atomic E-state index is 0.296. The Morgan fingerprint density at radius 3 is 2.70 bits per heavy atom. The summed E-state index contributed by atoms with van der Waals surface area (Å²) in [6.07, 6.45) is 6.17. The molecule has 6 heteroatoms. The van der Waals surface area contributed by atoms with E-state index in [9.17, 15) is 9.59 Å². The molecular formula is C17H20N2O4. The number of carbonyl (C=O) groups is 2. The van der Waals surface area contributed by atoms with Gasteiger partial charge in [0.25, 0.3) is 0 Å². The van der Waals surface area contributed by atoms with Crippen LogP contribution >= 0.6 is 0 Å². The second kappa shape index (κ2) is 6.64. The number of pyridine rings is 1. The lowest BCUT2D eigenvalue weighted by atomic mass is 10.2. The zero-order valence-electron chi connectivity index (χ0n) is 13.7. The Bertz CT molecular complexity index is 754. The summed E-state index contributed by atoms with van der Waals surface area (Å²) in [5.41, 5.74) is 1.18. The van der Waals surface area contributed by atoms with Gasteiger partial charge in [-0.1, -0.05) is 0 Å². The van der Waals surface area contributed by atoms with Crippen molar-refractivity contribution >= 4 is 23.7 Å². The van der Waals surface area contributed by atoms with Crippen molar-refractivity contribution in [2.75, 3.05) is 6.61 Å². The highest BCUT2D eigenvalue weighted by Gasteiger charge is 2.14. The Morgan fingerprint density at radius 1 is 1.30 bits per heavy atom. The number of ether oxygens (including phenoxy) is 2. The van der Waals surface area contributed by atoms with Gasteiger partial charge in [0.1, 0.15) is 11.2 Å². The predicted molar refractivity (Wildman–Crippen MR) is 86.0 cm³/mol. The fourth-order valence-corrected chi connectivity index (χ4v) is 1.95. The van der Waals surface area contributed by atoms with Gasteiger partial charge in [0, 0.05) is 12.3 Å². The molecule has 2 rings (SSSR count). The van der Waals surface area contributed by atoms with E-state index in [1.165, 1.54) is 12.3 Å². The van der Waals surface area contributed by atoms with Crippen LogP contribution in [0.15, 0.2) is 30.6 Å². The highest BCUT2D eigenvalue weighted by atomic mass is 16.6. The molecule has 0 aliphatic heterocycles. The first-order valence-electron chi connectivity index (χ1n) is 7.35. The van der Waals surface area contributed by atoms with Gasteiger partial charge in [0.05, 0.1) is 12.8 Å². The Balaban J connectivity index is 2.24. The third kappa shape index (κ3) is 4.42. The van der Waals surface area contributed by atoms with E-state index in [-0.39, 0.29) is 0 Å². The lowest BCUT2D eigenvalue weighted by molar-refractivity contribution is -0.148. The number of fused-ring (bicyclic) bond motifs is 1. The van der Waals surface area contributed by atoms with Crippen molar-refractivity contribution in [3.63, 3.8) is 0 Å². The van der Waals surface area contributed by atoms with E-state index in [2.05, 4.69) is 4.98 Å². The molecule has 0 saturated carbocycles. The van der Waals surface area contributed by atoms with E-state index < -0.39 is 17.5 Å². The van der Waals surface area contributed by atoms with Crippen LogP contribution in [0.4, 0.5) is 0 Å². The summed E-state index contributed by atoms with van der Waals surface area (Å²) in [7, 11) is 0. The van der Waals surface area contributed by atoms with Crippen LogP contribution in [0.1, 0.15) is 43.7 Å². The lowest BCUT2D eigenvalue weighted by Gasteiger charge is -2.17. The zero-order valence-corrected chi connectivity index (χ0v) is 13.7. The van der Waals surface area contributed by atoms with Gasteiger partial charge in [-0.25, -0.2) is 14.6 Å². The molecule has 2 aromatic rings. The molecule has 0 amide bonds. The number of hydrogen-bond acceptors (Lipinski definition) is 5. The van der Waals surface area contributed by atoms with Crippen LogP contribution in [0.5, 0.6) is 0 Å². The SMILES string of the molecule is CCOC(=O)c1cnc2ccc(C=CC(=O)OC(C)(C)C)cn12. The maximum atomic E-state index is 11.9. The molecule has 0 saturated heterocycles. The van der Waals surface area contributed by atoms with E-state index >= 15 is 0 Å². The van der Waals surface area contributed by atoms with E-state index in [0.29, 0.717) is 17.9 Å². The minimum atomic E-state index is -0.535. The summed E-state index contributed by atoms with van der Waals surface area (Å²) in [5.74, 6) is -0.859. The van der Waals surface area contributed by atoms with Crippen molar-refractivity contribution in [3.8, 4) is 0 Å². The van der Waals surface area contributed by atoms with Crippen molar-refractivity contribution in [2.45, 2.75) is 33.3 Å². The first-order chi connectivity index (χ1) is 10.8. The summed E-state index contributed by atoms with van der Waals surface area (Å²) >= 11 is 0. The van der Waals surface area contributed by atoms with E-state index in [0.717, 1.165) is 5.56 Å². The molecule has 0 fully saturated rings. The third-order valence-electron chi connectivity index (χ3n) is 2.83. The predicted octanol–water partition coefficient (Wildman–Crippen LogP) is 2.87. The van der Waals surface area contributed by atoms with Gasteiger partial charge < -0.3 is 9.47 Å². The van der Waals surface area contributed by atoms with Gasteiger partial charge in [-0.3, -0.25) is 4.40 Å². The minimum Gasteiger partial charge on any atom is -0.461 e. The van der Waals surface area contributed by atoms with Crippen molar-refractivity contribution in [3.05, 3.63) is 41.9 Å². The van der Waals surface area contributed by atoms with Crippen LogP contribution < -0.4 is 0 Å². The van der Waals surface area contributed by atoms with Gasteiger partial charge in [0.15, 0.2) is 5.69 Å². The fourth-order valence-electron chi connectivity index (χ4n) is 1.95. The summed E-state index contributed by atoms with van der Waals surface area (Å²) < 4.78 is 11.8. The zero-order chi connectivity index (χ0) is 17.0. The normalized spacial score (nSPS) is 11.8. The van der Waals surface area contributed by atoms with Crippen LogP contribution in [0.3, 0.4) is 0 Å². The summed E-state index contributed by atoms with van der Waals surface area (Å²) in [6, 6.07) is 3.57. The average molecular weight is 316 g/mol. The summed E-state index contributed by atoms with van der Waals surface area (Å²) in [5, 5.41) is 0. The van der Waals surface area contributed by atoms with Crippen LogP contribution in [-0.2, 0) is 14.3 Å². The summed E-state index contributed by atoms with van der Waals surface area (Å²) in [4.78, 5) is 27.7. The largest absolute Gasteiger partial charge is 0.461 e. The van der Waals surface area contributed by atoms with Crippen LogP contribution in [0, 0.1) is 0 Å². The maximum absolute atomic E-state index is 11.9. The third-order valence-corrected chi connectivity index (χ3v) is 2.83. The smallest absolute Gasteiger partial charge is 0.356 e. The molecule has 0 bridgehead atoms. The maximum Gasteiger partial charge on any atom is 0.356 e. The molecule has 0 spiro atoms. The van der Waals surface area contributed by atoms with Gasteiger partial charge in [-0.05, 0) is 51.5 Å². The van der Waals surface area contributed by atoms with Gasteiger partial charge in [-0.15, -0.1) is 0 Å². The number of esters is 2. The Hall–Kier alpha value is -2.63. The number of imidazole rings is 1. The number of nitrogens with zero attached hydrogens (tertiary/aromatic N) is 2. The number of aromatic nitrogens is 2. The number of hydrogen-bond donors (Lipinski definition) is 0. The molecule has 0 N–H and O–H groups in total. The van der Waals surface area contributed by atoms with Crippen LogP contribution in [0.2, 0.25) is 0 Å². The van der Waals surface area contributed by atoms with Crippen molar-refractivity contribution < 1.29 is 19.1 Å². The average Bonchev–Trinajstić information content (AvgIpc) is 2.86. The van der Waals surface area contributed by atoms with Crippen LogP contribution in [0.25, 0.3) is 11.7 Å². The van der Waals surface area contributed by atoms with Crippen molar-refractivity contribution in [1.82, 2.24) is 9.38 Å². The van der Waals surface area contributed by atoms with Gasteiger partial charge in [-0.2, -0.15) is 0 Å². The molecule has 0 aliphatic rings. The quantitative estimate of drug-likeness (QED) is 0.641. The Morgan fingerprint density at radius 2 is 2.04 bits per heavy atom. The van der Waals surface area contributed by atoms with Crippen molar-refractivity contribution in [1.29, 1.82) is 0 Å². The second-order valence-corrected chi connectivity index (χ2v) is 5.92. The number of rotatable bonds is 4. The highest BCUT2D eigenvalue weighted by Crippen LogP contribution is 2.13. The fraction of sp³-hybridized carbons (Fsp3) is 0.353. The standard InChI is InChI=1S/C17H20N2O4/c1-5-22-16(21)13-10-18-14-8-6-12(11-19(13)14)7-9-15(20)23-17(2,3)4/h6-11H,5H2,1-4H3. The Labute approximate surface area is 134 Å². The molecule has 0 aromatic carbocycles. The van der Waals surface area contributed by atoms with Crippen molar-refractivity contribution in [2.24, 2.45) is 0 Å². The molecule has 2 aromatic heterocycles.